The molecule has 1 aromatic heterocycles. The van der Waals surface area contributed by atoms with Gasteiger partial charge in [-0.05, 0) is 40.7 Å². The number of hydrazine groups is 1. The first kappa shape index (κ1) is 28.7. The van der Waals surface area contributed by atoms with Crippen molar-refractivity contribution in [3.05, 3.63) is 112 Å². The Hall–Kier alpha value is -4.27. The lowest BCUT2D eigenvalue weighted by atomic mass is 9.98. The molecule has 6 N–H and O–H groups in total. The number of hydrogen-bond acceptors (Lipinski definition) is 7. The SMILES string of the molecule is CCCCc1nc(CC)c(Cc2cccc(CO)c2)c(OCc2ccc(-c3ccccc3/C(=N/N)NN)cc2)n1. The summed E-state index contributed by atoms with van der Waals surface area (Å²) in [7, 11) is 0. The minimum Gasteiger partial charge on any atom is -0.472 e. The molecule has 3 aromatic carbocycles. The normalized spacial score (nSPS) is 11.4. The van der Waals surface area contributed by atoms with Crippen molar-refractivity contribution < 1.29 is 9.84 Å². The number of unbranched alkanes of at least 4 members (excludes halogenated alkanes) is 1. The third kappa shape index (κ3) is 7.02. The molecule has 0 aliphatic heterocycles. The van der Waals surface area contributed by atoms with Crippen molar-refractivity contribution in [3.8, 4) is 17.0 Å². The standard InChI is InChI=1S/C32H38N6O2/c1-3-5-13-30-35-29(4-2)28(19-23-9-8-10-24(18-23)20-39)32(36-30)40-21-22-14-16-25(17-15-22)26-11-6-7-12-27(26)31(37-33)38-34/h6-12,14-18,39H,3-5,13,19-21,33-34H2,1-2H3,(H,37,38). The molecule has 0 amide bonds. The number of benzene rings is 3. The van der Waals surface area contributed by atoms with Crippen LogP contribution in [0.1, 0.15) is 66.0 Å². The Bertz CT molecular complexity index is 1440. The molecular formula is C32H38N6O2. The number of rotatable bonds is 12. The number of aliphatic hydroxyl groups excluding tert-OH is 1. The third-order valence-electron chi connectivity index (χ3n) is 6.83. The number of nitrogens with zero attached hydrogens (tertiary/aromatic N) is 3. The van der Waals surface area contributed by atoms with Gasteiger partial charge in [-0.1, -0.05) is 93.1 Å². The van der Waals surface area contributed by atoms with E-state index in [1.54, 1.807) is 0 Å². The zero-order chi connectivity index (χ0) is 28.3. The highest BCUT2D eigenvalue weighted by molar-refractivity contribution is 6.04. The average Bonchev–Trinajstić information content (AvgIpc) is 3.01. The molecule has 1 heterocycles. The van der Waals surface area contributed by atoms with Crippen molar-refractivity contribution >= 4 is 5.84 Å². The quantitative estimate of drug-likeness (QED) is 0.0882. The summed E-state index contributed by atoms with van der Waals surface area (Å²) in [6, 6.07) is 24.0. The molecule has 0 bridgehead atoms. The van der Waals surface area contributed by atoms with E-state index in [0.29, 0.717) is 24.7 Å². The van der Waals surface area contributed by atoms with Crippen molar-refractivity contribution in [1.29, 1.82) is 0 Å². The fourth-order valence-corrected chi connectivity index (χ4v) is 4.69. The molecule has 208 valence electrons. The van der Waals surface area contributed by atoms with E-state index in [0.717, 1.165) is 76.1 Å². The van der Waals surface area contributed by atoms with Crippen molar-refractivity contribution in [2.45, 2.75) is 59.2 Å². The zero-order valence-electron chi connectivity index (χ0n) is 23.2. The fourth-order valence-electron chi connectivity index (χ4n) is 4.69. The Morgan fingerprint density at radius 3 is 2.42 bits per heavy atom. The lowest BCUT2D eigenvalue weighted by Crippen LogP contribution is -2.32. The highest BCUT2D eigenvalue weighted by Crippen LogP contribution is 2.27. The first-order valence-corrected chi connectivity index (χ1v) is 13.7. The van der Waals surface area contributed by atoms with Crippen LogP contribution in [-0.2, 0) is 32.5 Å². The Balaban J connectivity index is 1.60. The fraction of sp³-hybridized carbons (Fsp3) is 0.281. The van der Waals surface area contributed by atoms with Crippen LogP contribution in [0.25, 0.3) is 11.1 Å². The summed E-state index contributed by atoms with van der Waals surface area (Å²) in [6.45, 7) is 4.66. The Morgan fingerprint density at radius 1 is 0.950 bits per heavy atom. The summed E-state index contributed by atoms with van der Waals surface area (Å²) in [4.78, 5) is 9.75. The number of hydrogen-bond donors (Lipinski definition) is 4. The molecule has 0 saturated heterocycles. The number of aromatic nitrogens is 2. The molecule has 0 aliphatic rings. The molecule has 0 radical (unpaired) electrons. The van der Waals surface area contributed by atoms with E-state index in [4.69, 9.17) is 26.4 Å². The van der Waals surface area contributed by atoms with E-state index in [2.05, 4.69) is 30.4 Å². The topological polar surface area (TPSA) is 132 Å². The number of hydrazone groups is 1. The van der Waals surface area contributed by atoms with Crippen molar-refractivity contribution in [2.75, 3.05) is 0 Å². The van der Waals surface area contributed by atoms with E-state index in [1.165, 1.54) is 0 Å². The summed E-state index contributed by atoms with van der Waals surface area (Å²) >= 11 is 0. The molecule has 40 heavy (non-hydrogen) atoms. The zero-order valence-corrected chi connectivity index (χ0v) is 23.2. The molecule has 0 atom stereocenters. The molecular weight excluding hydrogens is 500 g/mol. The van der Waals surface area contributed by atoms with Crippen LogP contribution in [0.15, 0.2) is 77.9 Å². The van der Waals surface area contributed by atoms with Gasteiger partial charge in [0.1, 0.15) is 12.4 Å². The monoisotopic (exact) mass is 538 g/mol. The third-order valence-corrected chi connectivity index (χ3v) is 6.83. The second-order valence-corrected chi connectivity index (χ2v) is 9.64. The van der Waals surface area contributed by atoms with Crippen LogP contribution in [-0.4, -0.2) is 20.9 Å². The molecule has 0 aliphatic carbocycles. The van der Waals surface area contributed by atoms with Crippen LogP contribution in [0.5, 0.6) is 5.88 Å². The first-order chi connectivity index (χ1) is 19.6. The van der Waals surface area contributed by atoms with Crippen molar-refractivity contribution in [1.82, 2.24) is 15.4 Å². The molecule has 8 nitrogen and oxygen atoms in total. The number of aliphatic hydroxyl groups is 1. The predicted octanol–water partition coefficient (Wildman–Crippen LogP) is 4.79. The Morgan fingerprint density at radius 2 is 1.73 bits per heavy atom. The molecule has 8 heteroatoms. The number of amidine groups is 1. The average molecular weight is 539 g/mol. The maximum atomic E-state index is 9.60. The summed E-state index contributed by atoms with van der Waals surface area (Å²) in [5.41, 5.74) is 10.3. The van der Waals surface area contributed by atoms with Gasteiger partial charge in [-0.25, -0.2) is 10.8 Å². The van der Waals surface area contributed by atoms with Crippen molar-refractivity contribution in [3.63, 3.8) is 0 Å². The minimum absolute atomic E-state index is 0.00776. The minimum atomic E-state index is 0.00776. The van der Waals surface area contributed by atoms with E-state index < -0.39 is 0 Å². The van der Waals surface area contributed by atoms with Gasteiger partial charge in [-0.15, -0.1) is 0 Å². The van der Waals surface area contributed by atoms with Gasteiger partial charge < -0.3 is 21.1 Å². The second kappa shape index (κ2) is 14.2. The highest BCUT2D eigenvalue weighted by atomic mass is 16.5. The van der Waals surface area contributed by atoms with Gasteiger partial charge in [0.2, 0.25) is 5.88 Å². The largest absolute Gasteiger partial charge is 0.472 e. The maximum Gasteiger partial charge on any atom is 0.220 e. The number of nitrogens with two attached hydrogens (primary N) is 2. The molecule has 4 rings (SSSR count). The molecule has 4 aromatic rings. The first-order valence-electron chi connectivity index (χ1n) is 13.7. The number of aryl methyl sites for hydroxylation is 2. The van der Waals surface area contributed by atoms with Crippen LogP contribution in [0.3, 0.4) is 0 Å². The number of nitrogens with one attached hydrogen (secondary N) is 1. The summed E-state index contributed by atoms with van der Waals surface area (Å²) in [5.74, 6) is 13.0. The van der Waals surface area contributed by atoms with Gasteiger partial charge >= 0.3 is 0 Å². The Kier molecular flexibility index (Phi) is 10.2. The molecule has 0 unspecified atom stereocenters. The van der Waals surface area contributed by atoms with Crippen LogP contribution < -0.4 is 21.8 Å². The maximum absolute atomic E-state index is 9.60. The molecule has 0 fully saturated rings. The van der Waals surface area contributed by atoms with E-state index in [1.807, 2.05) is 66.7 Å². The van der Waals surface area contributed by atoms with Gasteiger partial charge in [-0.2, -0.15) is 10.1 Å². The van der Waals surface area contributed by atoms with Crippen LogP contribution >= 0.6 is 0 Å². The Labute approximate surface area is 236 Å². The summed E-state index contributed by atoms with van der Waals surface area (Å²) in [5, 5.41) is 13.4. The second-order valence-electron chi connectivity index (χ2n) is 9.64. The van der Waals surface area contributed by atoms with Gasteiger partial charge in [0, 0.05) is 24.0 Å². The van der Waals surface area contributed by atoms with Crippen molar-refractivity contribution in [2.24, 2.45) is 16.8 Å². The lowest BCUT2D eigenvalue weighted by Gasteiger charge is -2.16. The highest BCUT2D eigenvalue weighted by Gasteiger charge is 2.17. The predicted molar refractivity (Wildman–Crippen MR) is 159 cm³/mol. The lowest BCUT2D eigenvalue weighted by molar-refractivity contribution is 0.281. The van der Waals surface area contributed by atoms with E-state index >= 15 is 0 Å². The van der Waals surface area contributed by atoms with E-state index in [-0.39, 0.29) is 6.61 Å². The van der Waals surface area contributed by atoms with Gasteiger partial charge in [0.05, 0.1) is 12.3 Å². The number of ether oxygens (including phenoxy) is 1. The van der Waals surface area contributed by atoms with Gasteiger partial charge in [0.25, 0.3) is 0 Å². The van der Waals surface area contributed by atoms with Crippen LogP contribution in [0.4, 0.5) is 0 Å². The summed E-state index contributed by atoms with van der Waals surface area (Å²) in [6.07, 6.45) is 4.34. The van der Waals surface area contributed by atoms with E-state index in [9.17, 15) is 5.11 Å². The van der Waals surface area contributed by atoms with Gasteiger partial charge in [-0.3, -0.25) is 0 Å². The van der Waals surface area contributed by atoms with Crippen LogP contribution in [0.2, 0.25) is 0 Å². The smallest absolute Gasteiger partial charge is 0.220 e. The van der Waals surface area contributed by atoms with Gasteiger partial charge in [0.15, 0.2) is 5.84 Å². The molecule has 0 spiro atoms. The summed E-state index contributed by atoms with van der Waals surface area (Å²) < 4.78 is 6.39. The molecule has 0 saturated carbocycles. The van der Waals surface area contributed by atoms with Crippen LogP contribution in [0, 0.1) is 0 Å².